The van der Waals surface area contributed by atoms with Crippen LogP contribution in [0.5, 0.6) is 0 Å². The third kappa shape index (κ3) is 4.28. The SMILES string of the molecule is O=S(=O)(Cc1cc(F)ccc1F)N1CCN(c2cc(-n3cccc3)ncn2)CC1. The normalized spacial score (nSPS) is 15.6. The zero-order valence-corrected chi connectivity index (χ0v) is 16.3. The zero-order valence-electron chi connectivity index (χ0n) is 15.4. The molecule has 0 aliphatic carbocycles. The van der Waals surface area contributed by atoms with E-state index in [1.165, 1.54) is 10.6 Å². The van der Waals surface area contributed by atoms with Crippen molar-refractivity contribution in [2.45, 2.75) is 5.75 Å². The van der Waals surface area contributed by atoms with Crippen molar-refractivity contribution in [2.24, 2.45) is 0 Å². The highest BCUT2D eigenvalue weighted by atomic mass is 32.2. The molecule has 4 rings (SSSR count). The van der Waals surface area contributed by atoms with E-state index in [4.69, 9.17) is 0 Å². The van der Waals surface area contributed by atoms with Crippen molar-refractivity contribution in [3.8, 4) is 5.82 Å². The summed E-state index contributed by atoms with van der Waals surface area (Å²) in [6.45, 7) is 1.35. The summed E-state index contributed by atoms with van der Waals surface area (Å²) in [5.41, 5.74) is -0.167. The molecule has 1 aliphatic rings. The number of nitrogens with zero attached hydrogens (tertiary/aromatic N) is 5. The van der Waals surface area contributed by atoms with Crippen molar-refractivity contribution >= 4 is 15.8 Å². The van der Waals surface area contributed by atoms with Crippen LogP contribution in [0.4, 0.5) is 14.6 Å². The largest absolute Gasteiger partial charge is 0.354 e. The van der Waals surface area contributed by atoms with Crippen LogP contribution in [-0.2, 0) is 15.8 Å². The van der Waals surface area contributed by atoms with Crippen molar-refractivity contribution in [2.75, 3.05) is 31.1 Å². The number of sulfonamides is 1. The third-order valence-corrected chi connectivity index (χ3v) is 6.64. The minimum atomic E-state index is -3.76. The van der Waals surface area contributed by atoms with E-state index in [0.29, 0.717) is 18.9 Å². The van der Waals surface area contributed by atoms with E-state index in [-0.39, 0.29) is 18.7 Å². The van der Waals surface area contributed by atoms with Crippen molar-refractivity contribution < 1.29 is 17.2 Å². The van der Waals surface area contributed by atoms with Gasteiger partial charge in [0.1, 0.15) is 29.6 Å². The number of hydrogen-bond acceptors (Lipinski definition) is 5. The molecule has 0 atom stereocenters. The van der Waals surface area contributed by atoms with Crippen LogP contribution in [0, 0.1) is 11.6 Å². The summed E-state index contributed by atoms with van der Waals surface area (Å²) in [6.07, 6.45) is 5.23. The molecule has 10 heteroatoms. The molecule has 1 aliphatic heterocycles. The number of hydrogen-bond donors (Lipinski definition) is 0. The van der Waals surface area contributed by atoms with Crippen LogP contribution < -0.4 is 4.90 Å². The van der Waals surface area contributed by atoms with Crippen LogP contribution in [0.3, 0.4) is 0 Å². The van der Waals surface area contributed by atoms with E-state index in [1.807, 2.05) is 40.1 Å². The Labute approximate surface area is 167 Å². The van der Waals surface area contributed by atoms with Gasteiger partial charge in [-0.2, -0.15) is 4.31 Å². The topological polar surface area (TPSA) is 71.3 Å². The molecule has 152 valence electrons. The van der Waals surface area contributed by atoms with Gasteiger partial charge in [-0.3, -0.25) is 0 Å². The molecule has 1 aromatic carbocycles. The first kappa shape index (κ1) is 19.5. The Bertz CT molecular complexity index is 1100. The Hall–Kier alpha value is -2.85. The van der Waals surface area contributed by atoms with Gasteiger partial charge in [-0.1, -0.05) is 0 Å². The second-order valence-electron chi connectivity index (χ2n) is 6.70. The molecule has 0 bridgehead atoms. The van der Waals surface area contributed by atoms with E-state index >= 15 is 0 Å². The van der Waals surface area contributed by atoms with E-state index in [2.05, 4.69) is 9.97 Å². The summed E-state index contributed by atoms with van der Waals surface area (Å²) in [6, 6.07) is 8.46. The summed E-state index contributed by atoms with van der Waals surface area (Å²) in [4.78, 5) is 10.5. The average molecular weight is 419 g/mol. The lowest BCUT2D eigenvalue weighted by molar-refractivity contribution is 0.382. The van der Waals surface area contributed by atoms with Gasteiger partial charge in [-0.05, 0) is 30.3 Å². The van der Waals surface area contributed by atoms with Gasteiger partial charge < -0.3 is 9.47 Å². The van der Waals surface area contributed by atoms with Crippen molar-refractivity contribution in [1.82, 2.24) is 18.8 Å². The molecule has 0 amide bonds. The van der Waals surface area contributed by atoms with Gasteiger partial charge in [-0.25, -0.2) is 27.2 Å². The fourth-order valence-corrected chi connectivity index (χ4v) is 4.79. The van der Waals surface area contributed by atoms with Gasteiger partial charge in [0.05, 0.1) is 5.75 Å². The molecule has 0 unspecified atom stereocenters. The van der Waals surface area contributed by atoms with Gasteiger partial charge in [0, 0.05) is 50.2 Å². The summed E-state index contributed by atoms with van der Waals surface area (Å²) >= 11 is 0. The van der Waals surface area contributed by atoms with Crippen LogP contribution in [0.25, 0.3) is 5.82 Å². The summed E-state index contributed by atoms with van der Waals surface area (Å²) in [5, 5.41) is 0. The minimum Gasteiger partial charge on any atom is -0.354 e. The van der Waals surface area contributed by atoms with E-state index in [1.54, 1.807) is 0 Å². The molecular weight excluding hydrogens is 400 g/mol. The second kappa shape index (κ2) is 7.88. The Kier molecular flexibility index (Phi) is 5.29. The van der Waals surface area contributed by atoms with Crippen molar-refractivity contribution in [3.05, 3.63) is 72.3 Å². The first-order valence-corrected chi connectivity index (χ1v) is 10.7. The number of piperazine rings is 1. The molecule has 3 aromatic rings. The molecule has 1 fully saturated rings. The number of halogens is 2. The molecule has 1 saturated heterocycles. The first-order valence-electron chi connectivity index (χ1n) is 9.04. The minimum absolute atomic E-state index is 0.167. The Morgan fingerprint density at radius 1 is 0.931 bits per heavy atom. The molecule has 3 heterocycles. The lowest BCUT2D eigenvalue weighted by Gasteiger charge is -2.34. The van der Waals surface area contributed by atoms with Gasteiger partial charge in [0.25, 0.3) is 0 Å². The van der Waals surface area contributed by atoms with Gasteiger partial charge >= 0.3 is 0 Å². The third-order valence-electron chi connectivity index (χ3n) is 4.81. The van der Waals surface area contributed by atoms with Crippen LogP contribution in [0.15, 0.2) is 55.1 Å². The maximum absolute atomic E-state index is 13.8. The summed E-state index contributed by atoms with van der Waals surface area (Å²) in [7, 11) is -3.76. The van der Waals surface area contributed by atoms with E-state index < -0.39 is 27.4 Å². The highest BCUT2D eigenvalue weighted by molar-refractivity contribution is 7.88. The maximum Gasteiger partial charge on any atom is 0.218 e. The smallest absolute Gasteiger partial charge is 0.218 e. The molecule has 0 saturated carbocycles. The van der Waals surface area contributed by atoms with Crippen LogP contribution >= 0.6 is 0 Å². The monoisotopic (exact) mass is 419 g/mol. The van der Waals surface area contributed by atoms with Gasteiger partial charge in [0.15, 0.2) is 0 Å². The maximum atomic E-state index is 13.8. The Balaban J connectivity index is 1.44. The first-order chi connectivity index (χ1) is 13.9. The summed E-state index contributed by atoms with van der Waals surface area (Å²) < 4.78 is 55.7. The van der Waals surface area contributed by atoms with Crippen LogP contribution in [-0.4, -0.2) is 53.4 Å². The lowest BCUT2D eigenvalue weighted by atomic mass is 10.2. The fraction of sp³-hybridized carbons (Fsp3) is 0.263. The van der Waals surface area contributed by atoms with Gasteiger partial charge in [0.2, 0.25) is 10.0 Å². The van der Waals surface area contributed by atoms with Crippen LogP contribution in [0.2, 0.25) is 0 Å². The predicted octanol–water partition coefficient (Wildman–Crippen LogP) is 2.20. The lowest BCUT2D eigenvalue weighted by Crippen LogP contribution is -2.49. The van der Waals surface area contributed by atoms with E-state index in [9.17, 15) is 17.2 Å². The summed E-state index contributed by atoms with van der Waals surface area (Å²) in [5.74, 6) is -0.536. The van der Waals surface area contributed by atoms with Crippen molar-refractivity contribution in [3.63, 3.8) is 0 Å². The highest BCUT2D eigenvalue weighted by Crippen LogP contribution is 2.20. The van der Waals surface area contributed by atoms with Crippen LogP contribution in [0.1, 0.15) is 5.56 Å². The average Bonchev–Trinajstić information content (AvgIpc) is 3.26. The molecule has 0 N–H and O–H groups in total. The molecule has 0 radical (unpaired) electrons. The molecule has 7 nitrogen and oxygen atoms in total. The number of benzene rings is 1. The zero-order chi connectivity index (χ0) is 20.4. The Morgan fingerprint density at radius 3 is 2.34 bits per heavy atom. The molecule has 29 heavy (non-hydrogen) atoms. The molecule has 2 aromatic heterocycles. The predicted molar refractivity (Wildman–Crippen MR) is 104 cm³/mol. The quantitative estimate of drug-likeness (QED) is 0.634. The number of rotatable bonds is 5. The van der Waals surface area contributed by atoms with E-state index in [0.717, 1.165) is 24.0 Å². The number of anilines is 1. The van der Waals surface area contributed by atoms with Gasteiger partial charge in [-0.15, -0.1) is 0 Å². The number of aromatic nitrogens is 3. The standard InChI is InChI=1S/C19H19F2N5O2S/c20-16-3-4-17(21)15(11-16)13-29(27,28)26-9-7-25(8-10-26)19-12-18(22-14-23-19)24-5-1-2-6-24/h1-6,11-12,14H,7-10,13H2. The second-order valence-corrected chi connectivity index (χ2v) is 8.67. The Morgan fingerprint density at radius 2 is 1.62 bits per heavy atom. The molecule has 0 spiro atoms. The van der Waals surface area contributed by atoms with Crippen molar-refractivity contribution in [1.29, 1.82) is 0 Å². The highest BCUT2D eigenvalue weighted by Gasteiger charge is 2.28. The fourth-order valence-electron chi connectivity index (χ4n) is 3.28. The molecular formula is C19H19F2N5O2S.